The Labute approximate surface area is 187 Å². The van der Waals surface area contributed by atoms with E-state index in [1.54, 1.807) is 12.1 Å². The second kappa shape index (κ2) is 7.78. The molecular weight excluding hydrogens is 550 g/mol. The van der Waals surface area contributed by atoms with Gasteiger partial charge in [-0.15, -0.1) is 0 Å². The van der Waals surface area contributed by atoms with Crippen LogP contribution in [0, 0.1) is 0 Å². The molecule has 4 rings (SSSR count). The van der Waals surface area contributed by atoms with Crippen LogP contribution in [0.1, 0.15) is 11.1 Å². The molecule has 0 bridgehead atoms. The van der Waals surface area contributed by atoms with E-state index in [2.05, 4.69) is 47.8 Å². The second-order valence-electron chi connectivity index (χ2n) is 6.11. The molecule has 3 nitrogen and oxygen atoms in total. The summed E-state index contributed by atoms with van der Waals surface area (Å²) in [6, 6.07) is 22.1. The van der Waals surface area contributed by atoms with Crippen molar-refractivity contribution in [3.63, 3.8) is 0 Å². The van der Waals surface area contributed by atoms with Crippen LogP contribution in [0.15, 0.2) is 86.2 Å². The van der Waals surface area contributed by atoms with Crippen molar-refractivity contribution in [2.75, 3.05) is 4.90 Å². The number of hydrogen-bond donors (Lipinski definition) is 0. The largest absolute Gasteiger partial charge is 0.268 e. The highest BCUT2D eigenvalue weighted by atomic mass is 79.9. The monoisotopic (exact) mass is 559 g/mol. The van der Waals surface area contributed by atoms with Crippen LogP contribution in [0.4, 0.5) is 5.69 Å². The minimum atomic E-state index is -0.352. The molecule has 6 heteroatoms. The van der Waals surface area contributed by atoms with E-state index >= 15 is 0 Å². The molecule has 0 radical (unpaired) electrons. The van der Waals surface area contributed by atoms with Crippen molar-refractivity contribution in [3.05, 3.63) is 97.3 Å². The maximum absolute atomic E-state index is 13.5. The average Bonchev–Trinajstić information content (AvgIpc) is 2.93. The zero-order valence-corrected chi connectivity index (χ0v) is 19.1. The molecule has 1 aliphatic rings. The number of carbonyl (C=O) groups excluding carboxylic acids is 2. The summed E-state index contributed by atoms with van der Waals surface area (Å²) >= 11 is 10.5. The Kier molecular flexibility index (Phi) is 5.36. The van der Waals surface area contributed by atoms with E-state index in [0.29, 0.717) is 32.4 Å². The highest BCUT2D eigenvalue weighted by molar-refractivity contribution is 9.11. The fraction of sp³-hybridized carbons (Fsp3) is 0. The van der Waals surface area contributed by atoms with Gasteiger partial charge in [-0.05, 0) is 40.2 Å². The van der Waals surface area contributed by atoms with Crippen LogP contribution >= 0.6 is 47.8 Å². The molecular formula is C22H12Br3NO2. The Bertz CT molecular complexity index is 1090. The van der Waals surface area contributed by atoms with Crippen molar-refractivity contribution < 1.29 is 9.59 Å². The Morgan fingerprint density at radius 2 is 0.929 bits per heavy atom. The first-order chi connectivity index (χ1) is 13.5. The summed E-state index contributed by atoms with van der Waals surface area (Å²) in [5.41, 5.74) is 2.63. The molecule has 0 saturated heterocycles. The number of rotatable bonds is 3. The lowest BCUT2D eigenvalue weighted by Gasteiger charge is -2.17. The zero-order valence-electron chi connectivity index (χ0n) is 14.3. The number of benzene rings is 3. The molecule has 28 heavy (non-hydrogen) atoms. The van der Waals surface area contributed by atoms with Gasteiger partial charge in [-0.2, -0.15) is 0 Å². The molecule has 138 valence electrons. The molecule has 1 heterocycles. The van der Waals surface area contributed by atoms with Gasteiger partial charge in [0.1, 0.15) is 0 Å². The Balaban J connectivity index is 2.00. The third kappa shape index (κ3) is 3.19. The van der Waals surface area contributed by atoms with E-state index in [0.717, 1.165) is 8.95 Å². The number of nitrogens with zero attached hydrogens (tertiary/aromatic N) is 1. The number of halogens is 3. The van der Waals surface area contributed by atoms with Crippen molar-refractivity contribution in [3.8, 4) is 0 Å². The normalized spacial score (nSPS) is 14.2. The minimum absolute atomic E-state index is 0.352. The Morgan fingerprint density at radius 3 is 1.36 bits per heavy atom. The van der Waals surface area contributed by atoms with Crippen molar-refractivity contribution in [2.24, 2.45) is 0 Å². The maximum Gasteiger partial charge on any atom is 0.266 e. The number of imide groups is 1. The van der Waals surface area contributed by atoms with E-state index in [1.807, 2.05) is 60.7 Å². The molecule has 0 spiro atoms. The summed E-state index contributed by atoms with van der Waals surface area (Å²) in [6.45, 7) is 0. The fourth-order valence-corrected chi connectivity index (χ4v) is 4.64. The molecule has 3 aromatic carbocycles. The molecule has 1 aliphatic heterocycles. The molecule has 0 fully saturated rings. The van der Waals surface area contributed by atoms with Crippen LogP contribution < -0.4 is 4.90 Å². The first-order valence-electron chi connectivity index (χ1n) is 8.38. The van der Waals surface area contributed by atoms with Gasteiger partial charge in [-0.3, -0.25) is 9.59 Å². The second-order valence-corrected chi connectivity index (χ2v) is 8.67. The van der Waals surface area contributed by atoms with Gasteiger partial charge in [0.05, 0.1) is 16.8 Å². The van der Waals surface area contributed by atoms with Gasteiger partial charge < -0.3 is 0 Å². The molecule has 0 aliphatic carbocycles. The summed E-state index contributed by atoms with van der Waals surface area (Å²) in [4.78, 5) is 28.2. The van der Waals surface area contributed by atoms with Crippen LogP contribution in [-0.2, 0) is 9.59 Å². The minimum Gasteiger partial charge on any atom is -0.268 e. The molecule has 0 aromatic heterocycles. The predicted molar refractivity (Wildman–Crippen MR) is 122 cm³/mol. The highest BCUT2D eigenvalue weighted by Gasteiger charge is 2.42. The number of para-hydroxylation sites is 1. The van der Waals surface area contributed by atoms with Gasteiger partial charge in [-0.1, -0.05) is 80.4 Å². The summed E-state index contributed by atoms with van der Waals surface area (Å²) < 4.78 is 2.19. The maximum atomic E-state index is 13.5. The van der Waals surface area contributed by atoms with Gasteiger partial charge in [-0.25, -0.2) is 4.90 Å². The third-order valence-corrected chi connectivity index (χ3v) is 6.52. The molecule has 0 saturated carbocycles. The lowest BCUT2D eigenvalue weighted by molar-refractivity contribution is -0.119. The van der Waals surface area contributed by atoms with Gasteiger partial charge in [0.2, 0.25) is 0 Å². The zero-order chi connectivity index (χ0) is 19.8. The fourth-order valence-electron chi connectivity index (χ4n) is 3.21. The van der Waals surface area contributed by atoms with Crippen LogP contribution in [0.25, 0.3) is 11.1 Å². The summed E-state index contributed by atoms with van der Waals surface area (Å²) in [5.74, 6) is -0.705. The molecule has 0 atom stereocenters. The van der Waals surface area contributed by atoms with Gasteiger partial charge in [0.25, 0.3) is 11.8 Å². The lowest BCUT2D eigenvalue weighted by Crippen LogP contribution is -2.31. The highest BCUT2D eigenvalue weighted by Crippen LogP contribution is 2.43. The molecule has 0 N–H and O–H groups in total. The standard InChI is InChI=1S/C22H12Br3NO2/c23-15-9-3-1-7-13(15)19-20(14-8-2-4-10-16(14)24)22(28)26(21(19)27)18-12-6-5-11-17(18)25/h1-12H. The third-order valence-electron chi connectivity index (χ3n) is 4.46. The van der Waals surface area contributed by atoms with Gasteiger partial charge >= 0.3 is 0 Å². The lowest BCUT2D eigenvalue weighted by atomic mass is 9.96. The summed E-state index contributed by atoms with van der Waals surface area (Å²) in [5, 5.41) is 0. The Morgan fingerprint density at radius 1 is 0.536 bits per heavy atom. The van der Waals surface area contributed by atoms with E-state index in [1.165, 1.54) is 4.90 Å². The SMILES string of the molecule is O=C1C(c2ccccc2Br)=C(c2ccccc2Br)C(=O)N1c1ccccc1Br. The average molecular weight is 562 g/mol. The van der Waals surface area contributed by atoms with Gasteiger partial charge in [0.15, 0.2) is 0 Å². The number of anilines is 1. The summed E-state index contributed by atoms with van der Waals surface area (Å²) in [7, 11) is 0. The topological polar surface area (TPSA) is 37.4 Å². The number of hydrogen-bond acceptors (Lipinski definition) is 2. The first kappa shape index (κ1) is 19.3. The van der Waals surface area contributed by atoms with E-state index in [4.69, 9.17) is 0 Å². The summed E-state index contributed by atoms with van der Waals surface area (Å²) in [6.07, 6.45) is 0. The van der Waals surface area contributed by atoms with Crippen LogP contribution in [0.5, 0.6) is 0 Å². The molecule has 3 aromatic rings. The van der Waals surface area contributed by atoms with Crippen molar-refractivity contribution in [1.82, 2.24) is 0 Å². The van der Waals surface area contributed by atoms with E-state index < -0.39 is 0 Å². The number of carbonyl (C=O) groups is 2. The first-order valence-corrected chi connectivity index (χ1v) is 10.8. The molecule has 0 unspecified atom stereocenters. The van der Waals surface area contributed by atoms with Crippen molar-refractivity contribution >= 4 is 76.4 Å². The van der Waals surface area contributed by atoms with Gasteiger partial charge in [0, 0.05) is 24.5 Å². The smallest absolute Gasteiger partial charge is 0.266 e. The van der Waals surface area contributed by atoms with Crippen molar-refractivity contribution in [2.45, 2.75) is 0 Å². The van der Waals surface area contributed by atoms with E-state index in [-0.39, 0.29) is 11.8 Å². The Hall–Kier alpha value is -2.02. The van der Waals surface area contributed by atoms with Crippen LogP contribution in [0.2, 0.25) is 0 Å². The number of amides is 2. The molecule has 2 amide bonds. The van der Waals surface area contributed by atoms with Crippen molar-refractivity contribution in [1.29, 1.82) is 0 Å². The van der Waals surface area contributed by atoms with E-state index in [9.17, 15) is 9.59 Å². The van der Waals surface area contributed by atoms with Crippen LogP contribution in [-0.4, -0.2) is 11.8 Å². The van der Waals surface area contributed by atoms with Crippen LogP contribution in [0.3, 0.4) is 0 Å². The quantitative estimate of drug-likeness (QED) is 0.344. The predicted octanol–water partition coefficient (Wildman–Crippen LogP) is 6.46.